The van der Waals surface area contributed by atoms with Gasteiger partial charge < -0.3 is 10.6 Å². The van der Waals surface area contributed by atoms with E-state index < -0.39 is 0 Å². The fraction of sp³-hybridized carbons (Fsp3) is 0.304. The quantitative estimate of drug-likeness (QED) is 0.539. The molecule has 0 unspecified atom stereocenters. The van der Waals surface area contributed by atoms with Crippen molar-refractivity contribution in [1.29, 1.82) is 0 Å². The van der Waals surface area contributed by atoms with Crippen molar-refractivity contribution < 1.29 is 19.2 Å². The SMILES string of the molecule is CC(C)CC(=O)Nc1ccc(NC(=O)CCCN2C(=O)c3ccc(Br)cc3C2=O)cc1. The normalized spacial score (nSPS) is 12.8. The number of rotatable bonds is 8. The summed E-state index contributed by atoms with van der Waals surface area (Å²) >= 11 is 3.31. The molecule has 7 nitrogen and oxygen atoms in total. The summed E-state index contributed by atoms with van der Waals surface area (Å²) in [6, 6.07) is 11.9. The van der Waals surface area contributed by atoms with E-state index in [2.05, 4.69) is 26.6 Å². The van der Waals surface area contributed by atoms with Gasteiger partial charge >= 0.3 is 0 Å². The Labute approximate surface area is 189 Å². The van der Waals surface area contributed by atoms with E-state index in [-0.39, 0.29) is 42.5 Å². The highest BCUT2D eigenvalue weighted by molar-refractivity contribution is 9.10. The number of carbonyl (C=O) groups is 4. The van der Waals surface area contributed by atoms with Crippen LogP contribution in [0.5, 0.6) is 0 Å². The van der Waals surface area contributed by atoms with E-state index in [9.17, 15) is 19.2 Å². The average molecular weight is 486 g/mol. The molecule has 0 saturated heterocycles. The number of hydrogen-bond donors (Lipinski definition) is 2. The first kappa shape index (κ1) is 22.7. The van der Waals surface area contributed by atoms with Gasteiger partial charge in [0, 0.05) is 35.2 Å². The second-order valence-electron chi connectivity index (χ2n) is 7.83. The number of hydrogen-bond acceptors (Lipinski definition) is 4. The first-order valence-corrected chi connectivity index (χ1v) is 10.9. The average Bonchev–Trinajstić information content (AvgIpc) is 2.93. The zero-order valence-electron chi connectivity index (χ0n) is 17.4. The summed E-state index contributed by atoms with van der Waals surface area (Å²) < 4.78 is 0.735. The smallest absolute Gasteiger partial charge is 0.261 e. The number of benzene rings is 2. The van der Waals surface area contributed by atoms with Crippen LogP contribution in [-0.4, -0.2) is 35.1 Å². The second-order valence-corrected chi connectivity index (χ2v) is 8.74. The molecule has 0 spiro atoms. The van der Waals surface area contributed by atoms with Crippen LogP contribution in [0, 0.1) is 5.92 Å². The van der Waals surface area contributed by atoms with Gasteiger partial charge in [-0.25, -0.2) is 0 Å². The first-order chi connectivity index (χ1) is 14.7. The predicted octanol–water partition coefficient (Wildman–Crippen LogP) is 4.45. The zero-order valence-corrected chi connectivity index (χ0v) is 19.0. The highest BCUT2D eigenvalue weighted by Gasteiger charge is 2.35. The van der Waals surface area contributed by atoms with Crippen LogP contribution in [0.1, 0.15) is 53.8 Å². The second kappa shape index (κ2) is 9.87. The van der Waals surface area contributed by atoms with Gasteiger partial charge in [0.15, 0.2) is 0 Å². The fourth-order valence-electron chi connectivity index (χ4n) is 3.31. The summed E-state index contributed by atoms with van der Waals surface area (Å²) in [5.41, 5.74) is 2.04. The predicted molar refractivity (Wildman–Crippen MR) is 122 cm³/mol. The lowest BCUT2D eigenvalue weighted by molar-refractivity contribution is -0.117. The monoisotopic (exact) mass is 485 g/mol. The number of halogens is 1. The number of carbonyl (C=O) groups excluding carboxylic acids is 4. The van der Waals surface area contributed by atoms with Crippen molar-refractivity contribution in [2.45, 2.75) is 33.1 Å². The van der Waals surface area contributed by atoms with E-state index in [4.69, 9.17) is 0 Å². The van der Waals surface area contributed by atoms with Crippen LogP contribution in [-0.2, 0) is 9.59 Å². The van der Waals surface area contributed by atoms with Crippen molar-refractivity contribution in [3.8, 4) is 0 Å². The van der Waals surface area contributed by atoms with Crippen molar-refractivity contribution in [2.24, 2.45) is 5.92 Å². The standard InChI is InChI=1S/C23H24BrN3O4/c1-14(2)12-21(29)26-17-8-6-16(7-9-17)25-20(28)4-3-11-27-22(30)18-10-5-15(24)13-19(18)23(27)31/h5-10,13-14H,3-4,11-12H2,1-2H3,(H,25,28)(H,26,29). The molecule has 0 atom stereocenters. The topological polar surface area (TPSA) is 95.6 Å². The number of fused-ring (bicyclic) bond motifs is 1. The molecule has 4 amide bonds. The van der Waals surface area contributed by atoms with E-state index >= 15 is 0 Å². The maximum Gasteiger partial charge on any atom is 0.261 e. The molecule has 2 N–H and O–H groups in total. The van der Waals surface area contributed by atoms with Gasteiger partial charge in [0.1, 0.15) is 0 Å². The Morgan fingerprint density at radius 3 is 2.10 bits per heavy atom. The van der Waals surface area contributed by atoms with Gasteiger partial charge in [-0.15, -0.1) is 0 Å². The lowest BCUT2D eigenvalue weighted by atomic mass is 10.1. The van der Waals surface area contributed by atoms with Crippen LogP contribution in [0.2, 0.25) is 0 Å². The van der Waals surface area contributed by atoms with Crippen LogP contribution in [0.3, 0.4) is 0 Å². The van der Waals surface area contributed by atoms with Crippen LogP contribution in [0.25, 0.3) is 0 Å². The van der Waals surface area contributed by atoms with Crippen molar-refractivity contribution in [1.82, 2.24) is 4.90 Å². The first-order valence-electron chi connectivity index (χ1n) is 10.1. The van der Waals surface area contributed by atoms with Crippen LogP contribution in [0.15, 0.2) is 46.9 Å². The van der Waals surface area contributed by atoms with Gasteiger partial charge in [-0.1, -0.05) is 29.8 Å². The molecule has 1 aliphatic heterocycles. The molecule has 0 aliphatic carbocycles. The Bertz CT molecular complexity index is 1020. The molecule has 1 heterocycles. The Kier molecular flexibility index (Phi) is 7.22. The Balaban J connectivity index is 1.46. The Morgan fingerprint density at radius 2 is 1.48 bits per heavy atom. The van der Waals surface area contributed by atoms with Crippen LogP contribution in [0.4, 0.5) is 11.4 Å². The molecule has 0 saturated carbocycles. The lowest BCUT2D eigenvalue weighted by Crippen LogP contribution is -2.31. The van der Waals surface area contributed by atoms with E-state index in [1.165, 1.54) is 4.90 Å². The number of imide groups is 1. The minimum absolute atomic E-state index is 0.0488. The largest absolute Gasteiger partial charge is 0.326 e. The molecule has 31 heavy (non-hydrogen) atoms. The molecule has 0 radical (unpaired) electrons. The van der Waals surface area contributed by atoms with E-state index in [1.807, 2.05) is 13.8 Å². The van der Waals surface area contributed by atoms with E-state index in [1.54, 1.807) is 42.5 Å². The summed E-state index contributed by atoms with van der Waals surface area (Å²) in [5.74, 6) is -0.649. The summed E-state index contributed by atoms with van der Waals surface area (Å²) in [6.07, 6.45) is 0.981. The zero-order chi connectivity index (χ0) is 22.5. The van der Waals surface area contributed by atoms with Gasteiger partial charge in [-0.3, -0.25) is 24.1 Å². The maximum absolute atomic E-state index is 12.4. The summed E-state index contributed by atoms with van der Waals surface area (Å²) in [4.78, 5) is 50.1. The molecule has 3 rings (SSSR count). The molecule has 2 aromatic carbocycles. The number of anilines is 2. The molecular weight excluding hydrogens is 462 g/mol. The third-order valence-electron chi connectivity index (χ3n) is 4.76. The third-order valence-corrected chi connectivity index (χ3v) is 5.26. The number of nitrogens with one attached hydrogen (secondary N) is 2. The van der Waals surface area contributed by atoms with Crippen molar-refractivity contribution in [3.05, 3.63) is 58.1 Å². The van der Waals surface area contributed by atoms with Gasteiger partial charge in [-0.2, -0.15) is 0 Å². The Hall–Kier alpha value is -3.00. The highest BCUT2D eigenvalue weighted by Crippen LogP contribution is 2.26. The molecule has 1 aliphatic rings. The van der Waals surface area contributed by atoms with Crippen molar-refractivity contribution in [2.75, 3.05) is 17.2 Å². The minimum atomic E-state index is -0.336. The summed E-state index contributed by atoms with van der Waals surface area (Å²) in [6.45, 7) is 4.13. The molecule has 0 bridgehead atoms. The molecule has 0 aromatic heterocycles. The molecule has 8 heteroatoms. The van der Waals surface area contributed by atoms with Crippen LogP contribution >= 0.6 is 15.9 Å². The Morgan fingerprint density at radius 1 is 0.903 bits per heavy atom. The molecule has 162 valence electrons. The fourth-order valence-corrected chi connectivity index (χ4v) is 3.67. The van der Waals surface area contributed by atoms with Gasteiger partial charge in [0.25, 0.3) is 11.8 Å². The lowest BCUT2D eigenvalue weighted by Gasteiger charge is -2.13. The van der Waals surface area contributed by atoms with E-state index in [0.29, 0.717) is 35.3 Å². The highest BCUT2D eigenvalue weighted by atomic mass is 79.9. The van der Waals surface area contributed by atoms with Gasteiger partial charge in [0.05, 0.1) is 11.1 Å². The number of nitrogens with zero attached hydrogens (tertiary/aromatic N) is 1. The summed E-state index contributed by atoms with van der Waals surface area (Å²) in [5, 5.41) is 5.60. The van der Waals surface area contributed by atoms with Crippen LogP contribution < -0.4 is 10.6 Å². The van der Waals surface area contributed by atoms with Gasteiger partial charge in [-0.05, 0) is 54.8 Å². The van der Waals surface area contributed by atoms with Crippen molar-refractivity contribution >= 4 is 50.9 Å². The van der Waals surface area contributed by atoms with Crippen molar-refractivity contribution in [3.63, 3.8) is 0 Å². The molecule has 0 fully saturated rings. The molecule has 2 aromatic rings. The van der Waals surface area contributed by atoms with Gasteiger partial charge in [0.2, 0.25) is 11.8 Å². The minimum Gasteiger partial charge on any atom is -0.326 e. The molecular formula is C23H24BrN3O4. The van der Waals surface area contributed by atoms with E-state index in [0.717, 1.165) is 4.47 Å². The number of amides is 4. The maximum atomic E-state index is 12.4. The third kappa shape index (κ3) is 5.79. The summed E-state index contributed by atoms with van der Waals surface area (Å²) in [7, 11) is 0.